The van der Waals surface area contributed by atoms with Crippen molar-refractivity contribution in [2.45, 2.75) is 6.10 Å². The zero-order chi connectivity index (χ0) is 14.7. The number of nitrogens with zero attached hydrogens (tertiary/aromatic N) is 3. The smallest absolute Gasteiger partial charge is 0.128 e. The van der Waals surface area contributed by atoms with Gasteiger partial charge in [-0.25, -0.2) is 4.98 Å². The van der Waals surface area contributed by atoms with Crippen LogP contribution in [0.1, 0.15) is 17.2 Å². The molecule has 0 radical (unpaired) electrons. The lowest BCUT2D eigenvalue weighted by molar-refractivity contribution is 0.0395. The fraction of sp³-hybridized carbons (Fsp3) is 0.250. The molecule has 0 unspecified atom stereocenters. The number of ether oxygens (including phenoxy) is 1. The molecule has 0 N–H and O–H groups in total. The van der Waals surface area contributed by atoms with E-state index in [1.807, 2.05) is 18.2 Å². The molecule has 106 valence electrons. The molecular formula is C16H14BrN3O. The summed E-state index contributed by atoms with van der Waals surface area (Å²) in [7, 11) is 0. The van der Waals surface area contributed by atoms with Crippen LogP contribution in [-0.4, -0.2) is 24.7 Å². The zero-order valence-electron chi connectivity index (χ0n) is 11.4. The van der Waals surface area contributed by atoms with E-state index in [9.17, 15) is 0 Å². The van der Waals surface area contributed by atoms with Gasteiger partial charge in [0, 0.05) is 23.8 Å². The van der Waals surface area contributed by atoms with Gasteiger partial charge in [-0.2, -0.15) is 5.26 Å². The third-order valence-electron chi connectivity index (χ3n) is 3.51. The van der Waals surface area contributed by atoms with E-state index < -0.39 is 0 Å². The van der Waals surface area contributed by atoms with Crippen molar-refractivity contribution >= 4 is 21.7 Å². The van der Waals surface area contributed by atoms with Crippen LogP contribution in [-0.2, 0) is 4.74 Å². The average Bonchev–Trinajstić information content (AvgIpc) is 2.56. The number of anilines is 1. The van der Waals surface area contributed by atoms with Gasteiger partial charge in [0.1, 0.15) is 18.0 Å². The molecule has 0 amide bonds. The van der Waals surface area contributed by atoms with Gasteiger partial charge in [0.15, 0.2) is 0 Å². The summed E-state index contributed by atoms with van der Waals surface area (Å²) < 4.78 is 6.93. The second-order valence-corrected chi connectivity index (χ2v) is 5.79. The molecule has 0 saturated carbocycles. The Morgan fingerprint density at radius 3 is 2.71 bits per heavy atom. The van der Waals surface area contributed by atoms with Gasteiger partial charge in [-0.1, -0.05) is 28.1 Å². The van der Waals surface area contributed by atoms with Gasteiger partial charge in [-0.3, -0.25) is 0 Å². The third-order valence-corrected chi connectivity index (χ3v) is 4.04. The van der Waals surface area contributed by atoms with E-state index >= 15 is 0 Å². The number of nitriles is 1. The van der Waals surface area contributed by atoms with E-state index in [1.54, 1.807) is 12.3 Å². The van der Waals surface area contributed by atoms with Gasteiger partial charge in [0.25, 0.3) is 0 Å². The largest absolute Gasteiger partial charge is 0.370 e. The van der Waals surface area contributed by atoms with Crippen molar-refractivity contribution in [1.82, 2.24) is 4.98 Å². The lowest BCUT2D eigenvalue weighted by atomic mass is 10.1. The van der Waals surface area contributed by atoms with Gasteiger partial charge in [-0.15, -0.1) is 0 Å². The van der Waals surface area contributed by atoms with E-state index in [0.29, 0.717) is 12.2 Å². The molecule has 1 fully saturated rings. The van der Waals surface area contributed by atoms with Crippen LogP contribution in [0.15, 0.2) is 47.1 Å². The Morgan fingerprint density at radius 1 is 1.24 bits per heavy atom. The van der Waals surface area contributed by atoms with Gasteiger partial charge in [-0.05, 0) is 29.8 Å². The molecule has 1 aromatic carbocycles. The van der Waals surface area contributed by atoms with E-state index in [0.717, 1.165) is 28.9 Å². The van der Waals surface area contributed by atoms with Crippen LogP contribution in [0.5, 0.6) is 0 Å². The Kier molecular flexibility index (Phi) is 4.18. The molecular weight excluding hydrogens is 330 g/mol. The first kappa shape index (κ1) is 14.1. The maximum absolute atomic E-state index is 8.82. The first-order valence-corrected chi connectivity index (χ1v) is 7.54. The SMILES string of the molecule is N#Cc1ccc(N2CCO[C@@H](c3ccc(Br)cc3)C2)nc1. The number of morpholine rings is 1. The Hall–Kier alpha value is -1.90. The van der Waals surface area contributed by atoms with Crippen LogP contribution in [0.25, 0.3) is 0 Å². The molecule has 4 nitrogen and oxygen atoms in total. The number of aromatic nitrogens is 1. The topological polar surface area (TPSA) is 49.2 Å². The second-order valence-electron chi connectivity index (χ2n) is 4.87. The molecule has 1 aliphatic heterocycles. The Bertz CT molecular complexity index is 649. The second kappa shape index (κ2) is 6.25. The lowest BCUT2D eigenvalue weighted by Gasteiger charge is -2.34. The predicted molar refractivity (Wildman–Crippen MR) is 84.0 cm³/mol. The van der Waals surface area contributed by atoms with E-state index in [2.05, 4.69) is 44.0 Å². The fourth-order valence-electron chi connectivity index (χ4n) is 2.38. The number of pyridine rings is 1. The molecule has 5 heteroatoms. The van der Waals surface area contributed by atoms with Gasteiger partial charge in [0.2, 0.25) is 0 Å². The van der Waals surface area contributed by atoms with E-state index in [4.69, 9.17) is 10.00 Å². The van der Waals surface area contributed by atoms with Crippen molar-refractivity contribution in [2.75, 3.05) is 24.6 Å². The van der Waals surface area contributed by atoms with Gasteiger partial charge < -0.3 is 9.64 Å². The summed E-state index contributed by atoms with van der Waals surface area (Å²) in [5.41, 5.74) is 1.74. The Morgan fingerprint density at radius 2 is 2.05 bits per heavy atom. The summed E-state index contributed by atoms with van der Waals surface area (Å²) >= 11 is 3.44. The van der Waals surface area contributed by atoms with Gasteiger partial charge in [0.05, 0.1) is 12.2 Å². The molecule has 0 bridgehead atoms. The highest BCUT2D eigenvalue weighted by atomic mass is 79.9. The normalized spacial score (nSPS) is 18.3. The molecule has 1 aliphatic rings. The van der Waals surface area contributed by atoms with Crippen LogP contribution in [0.3, 0.4) is 0 Å². The zero-order valence-corrected chi connectivity index (χ0v) is 13.0. The highest BCUT2D eigenvalue weighted by Gasteiger charge is 2.22. The number of rotatable bonds is 2. The van der Waals surface area contributed by atoms with Gasteiger partial charge >= 0.3 is 0 Å². The number of hydrogen-bond donors (Lipinski definition) is 0. The standard InChI is InChI=1S/C16H14BrN3O/c17-14-4-2-13(3-5-14)15-11-20(7-8-21-15)16-6-1-12(9-18)10-19-16/h1-6,10,15H,7-8,11H2/t15-/m1/s1. The molecule has 1 atom stereocenters. The lowest BCUT2D eigenvalue weighted by Crippen LogP contribution is -2.38. The van der Waals surface area contributed by atoms with Crippen LogP contribution < -0.4 is 4.90 Å². The minimum absolute atomic E-state index is 0.0456. The Balaban J connectivity index is 1.76. The first-order chi connectivity index (χ1) is 10.3. The molecule has 3 rings (SSSR count). The molecule has 0 spiro atoms. The monoisotopic (exact) mass is 343 g/mol. The molecule has 0 aliphatic carbocycles. The summed E-state index contributed by atoms with van der Waals surface area (Å²) in [6, 6.07) is 14.0. The third kappa shape index (κ3) is 3.23. The van der Waals surface area contributed by atoms with E-state index in [-0.39, 0.29) is 6.10 Å². The van der Waals surface area contributed by atoms with Crippen molar-refractivity contribution in [1.29, 1.82) is 5.26 Å². The maximum Gasteiger partial charge on any atom is 0.128 e. The fourth-order valence-corrected chi connectivity index (χ4v) is 2.64. The van der Waals surface area contributed by atoms with Crippen molar-refractivity contribution in [3.8, 4) is 6.07 Å². The minimum atomic E-state index is 0.0456. The van der Waals surface area contributed by atoms with Crippen LogP contribution in [0.4, 0.5) is 5.82 Å². The molecule has 1 aromatic heterocycles. The number of benzene rings is 1. The first-order valence-electron chi connectivity index (χ1n) is 6.74. The number of hydrogen-bond acceptors (Lipinski definition) is 4. The molecule has 21 heavy (non-hydrogen) atoms. The molecule has 2 aromatic rings. The van der Waals surface area contributed by atoms with Crippen LogP contribution in [0, 0.1) is 11.3 Å². The minimum Gasteiger partial charge on any atom is -0.370 e. The summed E-state index contributed by atoms with van der Waals surface area (Å²) in [5, 5.41) is 8.82. The predicted octanol–water partition coefficient (Wildman–Crippen LogP) is 3.29. The molecule has 1 saturated heterocycles. The van der Waals surface area contributed by atoms with E-state index in [1.165, 1.54) is 0 Å². The van der Waals surface area contributed by atoms with Crippen LogP contribution in [0.2, 0.25) is 0 Å². The summed E-state index contributed by atoms with van der Waals surface area (Å²) in [5.74, 6) is 0.888. The Labute approximate surface area is 132 Å². The summed E-state index contributed by atoms with van der Waals surface area (Å²) in [6.45, 7) is 2.24. The summed E-state index contributed by atoms with van der Waals surface area (Å²) in [6.07, 6.45) is 1.66. The van der Waals surface area contributed by atoms with Crippen molar-refractivity contribution in [3.63, 3.8) is 0 Å². The average molecular weight is 344 g/mol. The molecule has 2 heterocycles. The highest BCUT2D eigenvalue weighted by Crippen LogP contribution is 2.26. The van der Waals surface area contributed by atoms with Crippen molar-refractivity contribution < 1.29 is 4.74 Å². The van der Waals surface area contributed by atoms with Crippen molar-refractivity contribution in [2.24, 2.45) is 0 Å². The quantitative estimate of drug-likeness (QED) is 0.839. The van der Waals surface area contributed by atoms with Crippen LogP contribution >= 0.6 is 15.9 Å². The highest BCUT2D eigenvalue weighted by molar-refractivity contribution is 9.10. The number of halogens is 1. The maximum atomic E-state index is 8.82. The van der Waals surface area contributed by atoms with Crippen molar-refractivity contribution in [3.05, 3.63) is 58.2 Å². The summed E-state index contributed by atoms with van der Waals surface area (Å²) in [4.78, 5) is 6.55.